The van der Waals surface area contributed by atoms with Crippen LogP contribution in [0, 0.1) is 0 Å². The second-order valence-electron chi connectivity index (χ2n) is 4.15. The molecule has 2 rings (SSSR count). The Balaban J connectivity index is 2.20. The molecule has 0 aliphatic heterocycles. The van der Waals surface area contributed by atoms with Crippen LogP contribution in [0.15, 0.2) is 22.7 Å². The standard InChI is InChI=1S/C13H15BrClN5O/c1-3-6-16-12-18-11(15)19-13(20-12)17-8-4-5-9(14)10(7-8)21-2/h4-5,7H,3,6H2,1-2H3,(H2,16,17,18,19,20). The average molecular weight is 373 g/mol. The minimum absolute atomic E-state index is 0.134. The average Bonchev–Trinajstić information content (AvgIpc) is 2.46. The van der Waals surface area contributed by atoms with Crippen LogP contribution in [0.3, 0.4) is 0 Å². The van der Waals surface area contributed by atoms with Crippen molar-refractivity contribution in [2.24, 2.45) is 0 Å². The van der Waals surface area contributed by atoms with E-state index in [1.807, 2.05) is 18.2 Å². The molecule has 21 heavy (non-hydrogen) atoms. The Morgan fingerprint density at radius 3 is 2.71 bits per heavy atom. The second kappa shape index (κ2) is 7.42. The van der Waals surface area contributed by atoms with Crippen molar-refractivity contribution in [3.8, 4) is 5.75 Å². The monoisotopic (exact) mass is 371 g/mol. The van der Waals surface area contributed by atoms with Gasteiger partial charge in [-0.15, -0.1) is 0 Å². The lowest BCUT2D eigenvalue weighted by Crippen LogP contribution is -2.07. The van der Waals surface area contributed by atoms with E-state index in [-0.39, 0.29) is 5.28 Å². The first-order valence-electron chi connectivity index (χ1n) is 6.38. The highest BCUT2D eigenvalue weighted by Crippen LogP contribution is 2.29. The van der Waals surface area contributed by atoms with E-state index < -0.39 is 0 Å². The molecule has 2 N–H and O–H groups in total. The summed E-state index contributed by atoms with van der Waals surface area (Å²) in [5.74, 6) is 1.53. The second-order valence-corrected chi connectivity index (χ2v) is 5.35. The van der Waals surface area contributed by atoms with Crippen molar-refractivity contribution < 1.29 is 4.74 Å². The number of ether oxygens (including phenoxy) is 1. The number of aromatic nitrogens is 3. The number of benzene rings is 1. The fourth-order valence-electron chi connectivity index (χ4n) is 1.59. The molecule has 0 aliphatic rings. The Kier molecular flexibility index (Phi) is 5.58. The molecule has 8 heteroatoms. The molecule has 0 bridgehead atoms. The molecule has 6 nitrogen and oxygen atoms in total. The molecule has 112 valence electrons. The summed E-state index contributed by atoms with van der Waals surface area (Å²) in [6.45, 7) is 2.83. The van der Waals surface area contributed by atoms with Crippen LogP contribution < -0.4 is 15.4 Å². The van der Waals surface area contributed by atoms with E-state index in [1.54, 1.807) is 7.11 Å². The Bertz CT molecular complexity index is 626. The molecule has 0 atom stereocenters. The van der Waals surface area contributed by atoms with E-state index in [0.717, 1.165) is 23.1 Å². The van der Waals surface area contributed by atoms with Crippen LogP contribution in [-0.4, -0.2) is 28.6 Å². The van der Waals surface area contributed by atoms with Gasteiger partial charge in [0, 0.05) is 18.3 Å². The number of halogens is 2. The minimum Gasteiger partial charge on any atom is -0.495 e. The van der Waals surface area contributed by atoms with E-state index >= 15 is 0 Å². The van der Waals surface area contributed by atoms with E-state index in [4.69, 9.17) is 16.3 Å². The Morgan fingerprint density at radius 2 is 2.00 bits per heavy atom. The molecule has 1 aromatic carbocycles. The quantitative estimate of drug-likeness (QED) is 0.802. The summed E-state index contributed by atoms with van der Waals surface area (Å²) >= 11 is 9.31. The van der Waals surface area contributed by atoms with E-state index in [1.165, 1.54) is 0 Å². The molecular weight excluding hydrogens is 358 g/mol. The Labute approximate surface area is 136 Å². The number of nitrogens with one attached hydrogen (secondary N) is 2. The summed E-state index contributed by atoms with van der Waals surface area (Å²) in [4.78, 5) is 12.3. The van der Waals surface area contributed by atoms with Gasteiger partial charge in [-0.25, -0.2) is 0 Å². The van der Waals surface area contributed by atoms with Gasteiger partial charge in [0.1, 0.15) is 5.75 Å². The summed E-state index contributed by atoms with van der Waals surface area (Å²) in [6, 6.07) is 5.59. The SMILES string of the molecule is CCCNc1nc(Cl)nc(Nc2ccc(Br)c(OC)c2)n1. The molecule has 0 aliphatic carbocycles. The Hall–Kier alpha value is -1.60. The molecule has 2 aromatic rings. The van der Waals surface area contributed by atoms with Gasteiger partial charge in [-0.3, -0.25) is 0 Å². The van der Waals surface area contributed by atoms with Gasteiger partial charge in [-0.05, 0) is 46.1 Å². The predicted molar refractivity (Wildman–Crippen MR) is 87.6 cm³/mol. The van der Waals surface area contributed by atoms with E-state index in [2.05, 4.69) is 48.4 Å². The minimum atomic E-state index is 0.134. The van der Waals surface area contributed by atoms with Crippen LogP contribution in [-0.2, 0) is 0 Å². The molecule has 0 fully saturated rings. The first kappa shape index (κ1) is 15.8. The van der Waals surface area contributed by atoms with Gasteiger partial charge < -0.3 is 15.4 Å². The molecule has 0 unspecified atom stereocenters. The van der Waals surface area contributed by atoms with E-state index in [0.29, 0.717) is 17.6 Å². The smallest absolute Gasteiger partial charge is 0.233 e. The lowest BCUT2D eigenvalue weighted by Gasteiger charge is -2.09. The fourth-order valence-corrected chi connectivity index (χ4v) is 2.16. The zero-order chi connectivity index (χ0) is 15.2. The fraction of sp³-hybridized carbons (Fsp3) is 0.308. The number of hydrogen-bond acceptors (Lipinski definition) is 6. The van der Waals surface area contributed by atoms with Crippen LogP contribution in [0.4, 0.5) is 17.6 Å². The van der Waals surface area contributed by atoms with Crippen molar-refractivity contribution in [1.29, 1.82) is 0 Å². The van der Waals surface area contributed by atoms with Crippen molar-refractivity contribution in [3.05, 3.63) is 28.0 Å². The lowest BCUT2D eigenvalue weighted by atomic mass is 10.3. The number of hydrogen-bond donors (Lipinski definition) is 2. The molecular formula is C13H15BrClN5O. The zero-order valence-corrected chi connectivity index (χ0v) is 14.0. The lowest BCUT2D eigenvalue weighted by molar-refractivity contribution is 0.412. The number of anilines is 3. The van der Waals surface area contributed by atoms with Gasteiger partial charge >= 0.3 is 0 Å². The van der Waals surface area contributed by atoms with Gasteiger partial charge in [0.25, 0.3) is 0 Å². The van der Waals surface area contributed by atoms with Crippen molar-refractivity contribution in [2.45, 2.75) is 13.3 Å². The third-order valence-corrected chi connectivity index (χ3v) is 3.37. The summed E-state index contributed by atoms with van der Waals surface area (Å²) in [5.41, 5.74) is 0.791. The highest BCUT2D eigenvalue weighted by atomic mass is 79.9. The topological polar surface area (TPSA) is 72.0 Å². The molecule has 0 spiro atoms. The molecule has 1 heterocycles. The third kappa shape index (κ3) is 4.44. The summed E-state index contributed by atoms with van der Waals surface area (Å²) < 4.78 is 6.12. The van der Waals surface area contributed by atoms with Gasteiger partial charge in [0.2, 0.25) is 17.2 Å². The summed E-state index contributed by atoms with van der Waals surface area (Å²) in [7, 11) is 1.61. The van der Waals surface area contributed by atoms with E-state index in [9.17, 15) is 0 Å². The highest BCUT2D eigenvalue weighted by Gasteiger charge is 2.07. The highest BCUT2D eigenvalue weighted by molar-refractivity contribution is 9.10. The third-order valence-electron chi connectivity index (χ3n) is 2.55. The normalized spacial score (nSPS) is 10.3. The van der Waals surface area contributed by atoms with Crippen LogP contribution in [0.5, 0.6) is 5.75 Å². The van der Waals surface area contributed by atoms with Gasteiger partial charge in [0.05, 0.1) is 11.6 Å². The summed E-state index contributed by atoms with van der Waals surface area (Å²) in [5, 5.41) is 6.28. The van der Waals surface area contributed by atoms with Crippen molar-refractivity contribution in [2.75, 3.05) is 24.3 Å². The summed E-state index contributed by atoms with van der Waals surface area (Å²) in [6.07, 6.45) is 0.968. The number of rotatable bonds is 6. The maximum absolute atomic E-state index is 5.90. The molecule has 0 amide bonds. The predicted octanol–water partition coefficient (Wildman–Crippen LogP) is 3.86. The maximum Gasteiger partial charge on any atom is 0.233 e. The Morgan fingerprint density at radius 1 is 1.24 bits per heavy atom. The molecule has 0 radical (unpaired) electrons. The first-order chi connectivity index (χ1) is 10.1. The van der Waals surface area contributed by atoms with Crippen LogP contribution in [0.1, 0.15) is 13.3 Å². The van der Waals surface area contributed by atoms with Crippen LogP contribution >= 0.6 is 27.5 Å². The number of methoxy groups -OCH3 is 1. The molecule has 0 saturated heterocycles. The van der Waals surface area contributed by atoms with Crippen molar-refractivity contribution >= 4 is 45.1 Å². The van der Waals surface area contributed by atoms with Gasteiger partial charge in [-0.2, -0.15) is 15.0 Å². The molecule has 0 saturated carbocycles. The van der Waals surface area contributed by atoms with Gasteiger partial charge in [-0.1, -0.05) is 6.92 Å². The number of nitrogens with zero attached hydrogens (tertiary/aromatic N) is 3. The first-order valence-corrected chi connectivity index (χ1v) is 7.55. The zero-order valence-electron chi connectivity index (χ0n) is 11.7. The maximum atomic E-state index is 5.90. The van der Waals surface area contributed by atoms with Crippen molar-refractivity contribution in [3.63, 3.8) is 0 Å². The largest absolute Gasteiger partial charge is 0.495 e. The van der Waals surface area contributed by atoms with Crippen LogP contribution in [0.2, 0.25) is 5.28 Å². The van der Waals surface area contributed by atoms with Gasteiger partial charge in [0.15, 0.2) is 0 Å². The van der Waals surface area contributed by atoms with Crippen LogP contribution in [0.25, 0.3) is 0 Å². The molecule has 1 aromatic heterocycles. The van der Waals surface area contributed by atoms with Crippen molar-refractivity contribution in [1.82, 2.24) is 15.0 Å².